The molecular weight excluding hydrogens is 344 g/mol. The first-order valence-electron chi connectivity index (χ1n) is 8.05. The van der Waals surface area contributed by atoms with Crippen LogP contribution in [-0.4, -0.2) is 44.6 Å². The van der Waals surface area contributed by atoms with Crippen LogP contribution in [0, 0.1) is 0 Å². The monoisotopic (exact) mass is 366 g/mol. The van der Waals surface area contributed by atoms with E-state index in [-0.39, 0.29) is 17.2 Å². The molecule has 1 aliphatic carbocycles. The molecule has 0 atom stereocenters. The van der Waals surface area contributed by atoms with E-state index in [4.69, 9.17) is 4.74 Å². The summed E-state index contributed by atoms with van der Waals surface area (Å²) in [6.45, 7) is 1.98. The summed E-state index contributed by atoms with van der Waals surface area (Å²) < 4.78 is 30.1. The van der Waals surface area contributed by atoms with Gasteiger partial charge in [0.25, 0.3) is 5.91 Å². The first kappa shape index (κ1) is 19.0. The van der Waals surface area contributed by atoms with Gasteiger partial charge in [-0.25, -0.2) is 13.2 Å². The average Bonchev–Trinajstić information content (AvgIpc) is 3.06. The maximum Gasteiger partial charge on any atom is 0.340 e. The Bertz CT molecular complexity index is 786. The van der Waals surface area contributed by atoms with Crippen molar-refractivity contribution in [1.82, 2.24) is 4.90 Å². The van der Waals surface area contributed by atoms with E-state index >= 15 is 0 Å². The Morgan fingerprint density at radius 1 is 1.28 bits per heavy atom. The lowest BCUT2D eigenvalue weighted by molar-refractivity contribution is -0.132. The maximum absolute atomic E-state index is 12.3. The van der Waals surface area contributed by atoms with Gasteiger partial charge < -0.3 is 9.64 Å². The average molecular weight is 366 g/mol. The minimum Gasteiger partial charge on any atom is -0.452 e. The number of nitrogens with one attached hydrogen (secondary N) is 1. The predicted molar refractivity (Wildman–Crippen MR) is 94.5 cm³/mol. The Hall–Kier alpha value is -2.35. The fourth-order valence-corrected chi connectivity index (χ4v) is 3.25. The van der Waals surface area contributed by atoms with Gasteiger partial charge in [0, 0.05) is 12.2 Å². The third-order valence-electron chi connectivity index (χ3n) is 3.75. The molecule has 0 aliphatic heterocycles. The number of likely N-dealkylation sites (N-methyl/N-ethyl adjacent to an activating group) is 1. The molecule has 0 saturated heterocycles. The molecule has 0 unspecified atom stereocenters. The van der Waals surface area contributed by atoms with Crippen LogP contribution in [0.2, 0.25) is 0 Å². The van der Waals surface area contributed by atoms with E-state index in [0.717, 1.165) is 31.2 Å². The van der Waals surface area contributed by atoms with Crippen molar-refractivity contribution in [3.8, 4) is 0 Å². The number of nitrogens with zero attached hydrogens (tertiary/aromatic N) is 1. The van der Waals surface area contributed by atoms with Crippen LogP contribution < -0.4 is 4.72 Å². The second-order valence-corrected chi connectivity index (χ2v) is 7.47. The lowest BCUT2D eigenvalue weighted by Crippen LogP contribution is -2.33. The summed E-state index contributed by atoms with van der Waals surface area (Å²) in [4.78, 5) is 26.2. The molecule has 0 radical (unpaired) electrons. The zero-order valence-corrected chi connectivity index (χ0v) is 15.1. The van der Waals surface area contributed by atoms with E-state index in [0.29, 0.717) is 6.54 Å². The van der Waals surface area contributed by atoms with Crippen molar-refractivity contribution >= 4 is 27.6 Å². The lowest BCUT2D eigenvalue weighted by atomic mass is 10.2. The zero-order chi connectivity index (χ0) is 18.4. The number of para-hydroxylation sites is 1. The number of carbonyl (C=O) groups excluding carboxylic acids is 2. The van der Waals surface area contributed by atoms with Crippen LogP contribution in [-0.2, 0) is 19.6 Å². The topological polar surface area (TPSA) is 92.8 Å². The van der Waals surface area contributed by atoms with Gasteiger partial charge in [0.05, 0.1) is 17.5 Å². The molecule has 1 amide bonds. The van der Waals surface area contributed by atoms with Gasteiger partial charge in [0.1, 0.15) is 0 Å². The Morgan fingerprint density at radius 3 is 2.60 bits per heavy atom. The van der Waals surface area contributed by atoms with Gasteiger partial charge in [-0.05, 0) is 38.3 Å². The molecule has 1 aromatic rings. The number of sulfonamides is 1. The number of amides is 1. The number of rotatable bonds is 7. The van der Waals surface area contributed by atoms with Crippen LogP contribution >= 0.6 is 0 Å². The second-order valence-electron chi connectivity index (χ2n) is 5.72. The summed E-state index contributed by atoms with van der Waals surface area (Å²) in [6, 6.07) is 6.09. The number of allylic oxidation sites excluding steroid dienone is 2. The van der Waals surface area contributed by atoms with E-state index in [1.807, 2.05) is 13.0 Å². The molecule has 1 aliphatic rings. The van der Waals surface area contributed by atoms with Crippen molar-refractivity contribution in [2.75, 3.05) is 24.1 Å². The highest BCUT2D eigenvalue weighted by molar-refractivity contribution is 7.92. The molecule has 7 nitrogen and oxygen atoms in total. The van der Waals surface area contributed by atoms with Gasteiger partial charge in [-0.1, -0.05) is 18.2 Å². The number of hydrogen-bond acceptors (Lipinski definition) is 5. The molecular formula is C17H22N2O5S. The summed E-state index contributed by atoms with van der Waals surface area (Å²) in [5.74, 6) is -1.05. The summed E-state index contributed by atoms with van der Waals surface area (Å²) in [5, 5.41) is 0. The van der Waals surface area contributed by atoms with Crippen molar-refractivity contribution in [1.29, 1.82) is 0 Å². The van der Waals surface area contributed by atoms with Crippen LogP contribution in [0.25, 0.3) is 0 Å². The van der Waals surface area contributed by atoms with E-state index in [2.05, 4.69) is 4.72 Å². The van der Waals surface area contributed by atoms with E-state index in [9.17, 15) is 18.0 Å². The van der Waals surface area contributed by atoms with E-state index in [1.54, 1.807) is 17.0 Å². The number of carbonyl (C=O) groups is 2. The molecule has 1 N–H and O–H groups in total. The summed E-state index contributed by atoms with van der Waals surface area (Å²) >= 11 is 0. The van der Waals surface area contributed by atoms with E-state index < -0.39 is 22.6 Å². The molecule has 136 valence electrons. The summed E-state index contributed by atoms with van der Waals surface area (Å²) in [5.41, 5.74) is 1.14. The second kappa shape index (κ2) is 8.15. The van der Waals surface area contributed by atoms with Crippen molar-refractivity contribution in [3.05, 3.63) is 41.6 Å². The number of hydrogen-bond donors (Lipinski definition) is 1. The molecule has 0 saturated carbocycles. The molecule has 0 spiro atoms. The third-order valence-corrected chi connectivity index (χ3v) is 4.34. The Morgan fingerprint density at radius 2 is 2.00 bits per heavy atom. The van der Waals surface area contributed by atoms with Crippen LogP contribution in [0.15, 0.2) is 36.0 Å². The molecule has 0 fully saturated rings. The molecule has 1 aromatic carbocycles. The van der Waals surface area contributed by atoms with Crippen LogP contribution in [0.5, 0.6) is 0 Å². The largest absolute Gasteiger partial charge is 0.452 e. The highest BCUT2D eigenvalue weighted by atomic mass is 32.2. The van der Waals surface area contributed by atoms with Gasteiger partial charge in [-0.2, -0.15) is 0 Å². The van der Waals surface area contributed by atoms with Crippen LogP contribution in [0.4, 0.5) is 5.69 Å². The quantitative estimate of drug-likeness (QED) is 0.746. The normalized spacial score (nSPS) is 13.9. The maximum atomic E-state index is 12.3. The fraction of sp³-hybridized carbons (Fsp3) is 0.412. The van der Waals surface area contributed by atoms with Crippen LogP contribution in [0.3, 0.4) is 0 Å². The predicted octanol–water partition coefficient (Wildman–Crippen LogP) is 2.13. The lowest BCUT2D eigenvalue weighted by Gasteiger charge is -2.22. The number of benzene rings is 1. The smallest absolute Gasteiger partial charge is 0.340 e. The van der Waals surface area contributed by atoms with Gasteiger partial charge in [0.15, 0.2) is 6.61 Å². The highest BCUT2D eigenvalue weighted by Crippen LogP contribution is 2.22. The van der Waals surface area contributed by atoms with Crippen molar-refractivity contribution in [3.63, 3.8) is 0 Å². The molecule has 0 aromatic heterocycles. The highest BCUT2D eigenvalue weighted by Gasteiger charge is 2.21. The van der Waals surface area contributed by atoms with Crippen molar-refractivity contribution in [2.24, 2.45) is 0 Å². The molecule has 8 heteroatoms. The standard InChI is InChI=1S/C17H22N2O5S/c1-3-19(13-8-4-5-9-13)16(20)12-24-17(21)14-10-6-7-11-15(14)18-25(2,22)23/h6-8,10-11,18H,3-5,9,12H2,1-2H3. The minimum absolute atomic E-state index is 0.0591. The zero-order valence-electron chi connectivity index (χ0n) is 14.3. The van der Waals surface area contributed by atoms with E-state index in [1.165, 1.54) is 12.1 Å². The van der Waals surface area contributed by atoms with Gasteiger partial charge >= 0.3 is 5.97 Å². The number of ether oxygens (including phenoxy) is 1. The first-order valence-corrected chi connectivity index (χ1v) is 9.94. The van der Waals surface area contributed by atoms with Gasteiger partial charge in [-0.3, -0.25) is 9.52 Å². The van der Waals surface area contributed by atoms with Crippen molar-refractivity contribution in [2.45, 2.75) is 26.2 Å². The van der Waals surface area contributed by atoms with Crippen molar-refractivity contribution < 1.29 is 22.7 Å². The Balaban J connectivity index is 2.04. The Labute approximate surface area is 147 Å². The first-order chi connectivity index (χ1) is 11.8. The number of esters is 1. The van der Waals surface area contributed by atoms with Gasteiger partial charge in [-0.15, -0.1) is 0 Å². The SMILES string of the molecule is CCN(C(=O)COC(=O)c1ccccc1NS(C)(=O)=O)C1=CCCC1. The molecule has 2 rings (SSSR count). The summed E-state index contributed by atoms with van der Waals surface area (Å²) in [7, 11) is -3.53. The third kappa shape index (κ3) is 5.32. The number of anilines is 1. The Kier molecular flexibility index (Phi) is 6.19. The molecule has 0 heterocycles. The van der Waals surface area contributed by atoms with Gasteiger partial charge in [0.2, 0.25) is 10.0 Å². The fourth-order valence-electron chi connectivity index (χ4n) is 2.67. The molecule has 0 bridgehead atoms. The van der Waals surface area contributed by atoms with Crippen LogP contribution in [0.1, 0.15) is 36.5 Å². The minimum atomic E-state index is -3.53. The molecule has 25 heavy (non-hydrogen) atoms. The summed E-state index contributed by atoms with van der Waals surface area (Å²) in [6.07, 6.45) is 5.82.